The highest BCUT2D eigenvalue weighted by Crippen LogP contribution is 2.31. The summed E-state index contributed by atoms with van der Waals surface area (Å²) in [5, 5.41) is 12.7. The molecule has 1 amide bonds. The fraction of sp³-hybridized carbons (Fsp3) is 0.684. The molecule has 2 aliphatic rings. The highest BCUT2D eigenvalue weighted by molar-refractivity contribution is 5.91. The Morgan fingerprint density at radius 1 is 1.21 bits per heavy atom. The predicted molar refractivity (Wildman–Crippen MR) is 99.2 cm³/mol. The Morgan fingerprint density at radius 3 is 2.61 bits per heavy atom. The molecule has 1 aliphatic heterocycles. The lowest BCUT2D eigenvalue weighted by atomic mass is 9.95. The van der Waals surface area contributed by atoms with Crippen molar-refractivity contribution in [1.29, 1.82) is 0 Å². The van der Waals surface area contributed by atoms with Gasteiger partial charge in [0.1, 0.15) is 0 Å². The predicted octanol–water partition coefficient (Wildman–Crippen LogP) is -0.316. The van der Waals surface area contributed by atoms with E-state index in [1.807, 2.05) is 4.90 Å². The van der Waals surface area contributed by atoms with Crippen LogP contribution in [-0.2, 0) is 0 Å². The van der Waals surface area contributed by atoms with Gasteiger partial charge in [-0.15, -0.1) is 5.10 Å². The average Bonchev–Trinajstić information content (AvgIpc) is 3.42. The number of furan rings is 1. The van der Waals surface area contributed by atoms with Gasteiger partial charge in [-0.1, -0.05) is 26.2 Å². The first kappa shape index (κ1) is 20.8. The molecule has 154 valence electrons. The molecule has 0 spiro atoms. The largest absolute Gasteiger partial charge is 1.00 e. The minimum absolute atomic E-state index is 0. The van der Waals surface area contributed by atoms with E-state index in [0.717, 1.165) is 25.3 Å². The second-order valence-corrected chi connectivity index (χ2v) is 7.50. The summed E-state index contributed by atoms with van der Waals surface area (Å²) in [6.07, 6.45) is 8.67. The summed E-state index contributed by atoms with van der Waals surface area (Å²) >= 11 is 0. The van der Waals surface area contributed by atoms with Gasteiger partial charge in [0.2, 0.25) is 0 Å². The Morgan fingerprint density at radius 2 is 1.96 bits per heavy atom. The maximum atomic E-state index is 12.5. The monoisotopic (exact) mass is 407 g/mol. The van der Waals surface area contributed by atoms with E-state index in [0.29, 0.717) is 24.9 Å². The number of amides is 1. The number of piperazine rings is 1. The van der Waals surface area contributed by atoms with Gasteiger partial charge in [-0.05, 0) is 41.8 Å². The molecule has 0 N–H and O–H groups in total. The van der Waals surface area contributed by atoms with Crippen molar-refractivity contribution in [3.8, 4) is 0 Å². The van der Waals surface area contributed by atoms with Gasteiger partial charge in [0.15, 0.2) is 11.6 Å². The summed E-state index contributed by atoms with van der Waals surface area (Å²) in [4.78, 5) is 16.8. The van der Waals surface area contributed by atoms with Gasteiger partial charge in [-0.2, -0.15) is 0 Å². The number of tetrazole rings is 1. The van der Waals surface area contributed by atoms with E-state index in [-0.39, 0.29) is 24.4 Å². The third kappa shape index (κ3) is 4.22. The van der Waals surface area contributed by atoms with E-state index in [9.17, 15) is 4.79 Å². The fourth-order valence-corrected chi connectivity index (χ4v) is 4.40. The molecule has 8 nitrogen and oxygen atoms in total. The molecule has 9 heteroatoms. The fourth-order valence-electron chi connectivity index (χ4n) is 4.40. The van der Waals surface area contributed by atoms with Gasteiger partial charge < -0.3 is 21.7 Å². The molecule has 0 radical (unpaired) electrons. The molecule has 28 heavy (non-hydrogen) atoms. The van der Waals surface area contributed by atoms with E-state index in [1.165, 1.54) is 32.1 Å². The smallest absolute Gasteiger partial charge is 0.289 e. The normalized spacial score (nSPS) is 20.0. The summed E-state index contributed by atoms with van der Waals surface area (Å²) in [7, 11) is 0. The van der Waals surface area contributed by atoms with Crippen molar-refractivity contribution in [3.05, 3.63) is 30.0 Å². The van der Waals surface area contributed by atoms with E-state index >= 15 is 0 Å². The second kappa shape index (κ2) is 9.52. The third-order valence-corrected chi connectivity index (χ3v) is 5.90. The van der Waals surface area contributed by atoms with Crippen LogP contribution in [0.2, 0.25) is 0 Å². The molecule has 2 fully saturated rings. The number of carbonyl (C=O) groups excluding carboxylic acids is 1. The second-order valence-electron chi connectivity index (χ2n) is 7.50. The molecule has 1 saturated carbocycles. The SMILES string of the molecule is CCC(c1nnnn1C1CCCCC1)N1CCN(C(=O)c2ccco2)CC1.[Cl-]. The van der Waals surface area contributed by atoms with Gasteiger partial charge in [-0.3, -0.25) is 9.69 Å². The Kier molecular flexibility index (Phi) is 7.07. The van der Waals surface area contributed by atoms with Crippen LogP contribution in [0.5, 0.6) is 0 Å². The summed E-state index contributed by atoms with van der Waals surface area (Å²) in [6, 6.07) is 4.10. The van der Waals surface area contributed by atoms with Gasteiger partial charge in [0.25, 0.3) is 5.91 Å². The maximum absolute atomic E-state index is 12.5. The molecule has 2 aromatic heterocycles. The zero-order valence-corrected chi connectivity index (χ0v) is 17.1. The summed E-state index contributed by atoms with van der Waals surface area (Å²) in [5.41, 5.74) is 0. The van der Waals surface area contributed by atoms with Crippen LogP contribution in [0.25, 0.3) is 0 Å². The lowest BCUT2D eigenvalue weighted by Gasteiger charge is -2.38. The molecule has 3 heterocycles. The van der Waals surface area contributed by atoms with Crippen molar-refractivity contribution in [2.24, 2.45) is 0 Å². The lowest BCUT2D eigenvalue weighted by molar-refractivity contribution is -0.0000169. The van der Waals surface area contributed by atoms with Crippen LogP contribution in [-0.4, -0.2) is 62.1 Å². The zero-order chi connectivity index (χ0) is 18.6. The minimum Gasteiger partial charge on any atom is -1.00 e. The quantitative estimate of drug-likeness (QED) is 0.676. The highest BCUT2D eigenvalue weighted by atomic mass is 35.5. The number of rotatable bonds is 5. The van der Waals surface area contributed by atoms with Crippen molar-refractivity contribution in [2.75, 3.05) is 26.2 Å². The van der Waals surface area contributed by atoms with Crippen LogP contribution in [0, 0.1) is 0 Å². The van der Waals surface area contributed by atoms with Gasteiger partial charge >= 0.3 is 0 Å². The zero-order valence-electron chi connectivity index (χ0n) is 16.3. The molecule has 4 rings (SSSR count). The molecule has 0 bridgehead atoms. The molecule has 1 atom stereocenters. The molecular weight excluding hydrogens is 380 g/mol. The summed E-state index contributed by atoms with van der Waals surface area (Å²) in [5.74, 6) is 1.37. The van der Waals surface area contributed by atoms with Crippen molar-refractivity contribution < 1.29 is 21.6 Å². The number of nitrogens with zero attached hydrogens (tertiary/aromatic N) is 6. The number of aromatic nitrogens is 4. The third-order valence-electron chi connectivity index (χ3n) is 5.90. The lowest BCUT2D eigenvalue weighted by Crippen LogP contribution is -3.00. The van der Waals surface area contributed by atoms with E-state index in [1.54, 1.807) is 18.4 Å². The number of carbonyl (C=O) groups is 1. The first-order valence-corrected chi connectivity index (χ1v) is 10.1. The van der Waals surface area contributed by atoms with Crippen molar-refractivity contribution >= 4 is 5.91 Å². The topological polar surface area (TPSA) is 80.3 Å². The van der Waals surface area contributed by atoms with E-state index < -0.39 is 0 Å². The molecule has 0 aromatic carbocycles. The summed E-state index contributed by atoms with van der Waals surface area (Å²) < 4.78 is 7.33. The van der Waals surface area contributed by atoms with Crippen molar-refractivity contribution in [1.82, 2.24) is 30.0 Å². The maximum Gasteiger partial charge on any atom is 0.289 e. The number of hydrogen-bond donors (Lipinski definition) is 0. The first-order valence-electron chi connectivity index (χ1n) is 10.1. The van der Waals surface area contributed by atoms with Crippen LogP contribution < -0.4 is 12.4 Å². The molecule has 1 aliphatic carbocycles. The standard InChI is InChI=1S/C19H28N6O2.ClH/c1-2-16(18-20-21-22-25(18)15-7-4-3-5-8-15)23-10-12-24(13-11-23)19(26)17-9-6-14-27-17;/h6,9,14-16H,2-5,7-8,10-13H2,1H3;1H/p-1. The Bertz CT molecular complexity index is 735. The Balaban J connectivity index is 0.00000225. The Labute approximate surface area is 171 Å². The molecule has 2 aromatic rings. The highest BCUT2D eigenvalue weighted by Gasteiger charge is 2.31. The average molecular weight is 408 g/mol. The minimum atomic E-state index is -0.0280. The van der Waals surface area contributed by atoms with Crippen molar-refractivity contribution in [3.63, 3.8) is 0 Å². The van der Waals surface area contributed by atoms with Gasteiger partial charge in [-0.25, -0.2) is 4.68 Å². The first-order chi connectivity index (χ1) is 13.3. The Hall–Kier alpha value is -1.93. The number of hydrogen-bond acceptors (Lipinski definition) is 6. The van der Waals surface area contributed by atoms with Crippen LogP contribution in [0.3, 0.4) is 0 Å². The van der Waals surface area contributed by atoms with E-state index in [2.05, 4.69) is 32.0 Å². The molecule has 1 unspecified atom stereocenters. The van der Waals surface area contributed by atoms with E-state index in [4.69, 9.17) is 4.42 Å². The van der Waals surface area contributed by atoms with Gasteiger partial charge in [0.05, 0.1) is 18.3 Å². The van der Waals surface area contributed by atoms with Crippen molar-refractivity contribution in [2.45, 2.75) is 57.5 Å². The summed E-state index contributed by atoms with van der Waals surface area (Å²) in [6.45, 7) is 5.22. The van der Waals surface area contributed by atoms with Crippen LogP contribution >= 0.6 is 0 Å². The van der Waals surface area contributed by atoms with Crippen LogP contribution in [0.4, 0.5) is 0 Å². The molecular formula is C19H28ClN6O2-. The van der Waals surface area contributed by atoms with Crippen LogP contribution in [0.15, 0.2) is 22.8 Å². The number of halogens is 1. The van der Waals surface area contributed by atoms with Gasteiger partial charge in [0, 0.05) is 26.2 Å². The molecule has 1 saturated heterocycles. The van der Waals surface area contributed by atoms with Crippen LogP contribution in [0.1, 0.15) is 73.9 Å².